The predicted octanol–water partition coefficient (Wildman–Crippen LogP) is 5.48. The van der Waals surface area contributed by atoms with Gasteiger partial charge in [-0.3, -0.25) is 9.62 Å². The Morgan fingerprint density at radius 1 is 0.970 bits per heavy atom. The van der Waals surface area contributed by atoms with Crippen molar-refractivity contribution in [2.24, 2.45) is 0 Å². The highest BCUT2D eigenvalue weighted by molar-refractivity contribution is 7.92. The third kappa shape index (κ3) is 4.88. The number of fused-ring (bicyclic) bond motifs is 1. The van der Waals surface area contributed by atoms with Crippen LogP contribution < -0.4 is 9.62 Å². The Morgan fingerprint density at radius 2 is 1.67 bits per heavy atom. The molecular weight excluding hydrogens is 436 g/mol. The summed E-state index contributed by atoms with van der Waals surface area (Å²) in [5.41, 5.74) is 3.64. The van der Waals surface area contributed by atoms with Crippen LogP contribution in [0.2, 0.25) is 0 Å². The molecule has 0 bridgehead atoms. The summed E-state index contributed by atoms with van der Waals surface area (Å²) < 4.78 is 33.7. The van der Waals surface area contributed by atoms with E-state index in [0.29, 0.717) is 24.3 Å². The highest BCUT2D eigenvalue weighted by atomic mass is 32.2. The number of sulfonamides is 1. The molecule has 1 aliphatic heterocycles. The number of para-hydroxylation sites is 1. The Kier molecular flexibility index (Phi) is 6.17. The third-order valence-corrected chi connectivity index (χ3v) is 7.52. The molecule has 0 spiro atoms. The summed E-state index contributed by atoms with van der Waals surface area (Å²) in [6.07, 6.45) is -0.0607. The molecule has 0 aliphatic carbocycles. The van der Waals surface area contributed by atoms with Crippen LogP contribution in [0.3, 0.4) is 0 Å². The van der Waals surface area contributed by atoms with E-state index in [9.17, 15) is 13.2 Å². The molecule has 0 aromatic heterocycles. The Hall–Kier alpha value is -3.32. The molecule has 3 aromatic rings. The minimum absolute atomic E-state index is 0.0697. The average Bonchev–Trinajstić information content (AvgIpc) is 3.24. The van der Waals surface area contributed by atoms with Crippen LogP contribution in [-0.2, 0) is 33.2 Å². The Morgan fingerprint density at radius 3 is 2.33 bits per heavy atom. The Balaban J connectivity index is 1.56. The van der Waals surface area contributed by atoms with Gasteiger partial charge in [0.2, 0.25) is 0 Å². The second-order valence-corrected chi connectivity index (χ2v) is 11.0. The molecule has 0 saturated heterocycles. The van der Waals surface area contributed by atoms with Gasteiger partial charge >= 0.3 is 6.09 Å². The van der Waals surface area contributed by atoms with Crippen molar-refractivity contribution in [1.82, 2.24) is 0 Å². The molecule has 1 aliphatic rings. The largest absolute Gasteiger partial charge is 0.444 e. The van der Waals surface area contributed by atoms with Gasteiger partial charge in [0, 0.05) is 6.54 Å². The zero-order valence-electron chi connectivity index (χ0n) is 19.0. The first kappa shape index (κ1) is 22.9. The van der Waals surface area contributed by atoms with Crippen molar-refractivity contribution >= 4 is 27.5 Å². The number of anilines is 2. The summed E-state index contributed by atoms with van der Waals surface area (Å²) >= 11 is 0. The van der Waals surface area contributed by atoms with Gasteiger partial charge in [0.15, 0.2) is 0 Å². The molecule has 1 N–H and O–H groups in total. The second kappa shape index (κ2) is 8.90. The summed E-state index contributed by atoms with van der Waals surface area (Å²) in [5.74, 6) is 0. The predicted molar refractivity (Wildman–Crippen MR) is 130 cm³/mol. The first-order valence-electron chi connectivity index (χ1n) is 10.9. The maximum atomic E-state index is 13.5. The summed E-state index contributed by atoms with van der Waals surface area (Å²) in [4.78, 5) is 12.7. The first-order chi connectivity index (χ1) is 15.7. The van der Waals surface area contributed by atoms with Crippen LogP contribution >= 0.6 is 0 Å². The molecule has 0 fully saturated rings. The minimum Gasteiger partial charge on any atom is -0.444 e. The fraction of sp³-hybridized carbons (Fsp3) is 0.269. The first-order valence-corrected chi connectivity index (χ1v) is 12.3. The molecule has 33 heavy (non-hydrogen) atoms. The van der Waals surface area contributed by atoms with E-state index in [1.54, 1.807) is 24.3 Å². The standard InChI is InChI=1S/C26H28N2O4S/c1-26(2,3)21-12-14-22(15-13-21)33(30,31)28-17-16-20-10-7-11-23(24(20)28)27-25(29)32-18-19-8-5-4-6-9-19/h4-15H,16-18H2,1-3H3,(H,27,29). The lowest BCUT2D eigenvalue weighted by atomic mass is 9.87. The number of hydrogen-bond donors (Lipinski definition) is 1. The fourth-order valence-electron chi connectivity index (χ4n) is 3.89. The highest BCUT2D eigenvalue weighted by Crippen LogP contribution is 2.39. The van der Waals surface area contributed by atoms with Crippen LogP contribution in [0, 0.1) is 0 Å². The van der Waals surface area contributed by atoms with Crippen molar-refractivity contribution in [2.75, 3.05) is 16.2 Å². The summed E-state index contributed by atoms with van der Waals surface area (Å²) in [5, 5.41) is 2.73. The Bertz CT molecular complexity index is 1250. The van der Waals surface area contributed by atoms with E-state index >= 15 is 0 Å². The zero-order valence-corrected chi connectivity index (χ0v) is 19.9. The van der Waals surface area contributed by atoms with Crippen molar-refractivity contribution in [1.29, 1.82) is 0 Å². The van der Waals surface area contributed by atoms with E-state index in [1.807, 2.05) is 48.5 Å². The number of hydrogen-bond acceptors (Lipinski definition) is 4. The lowest BCUT2D eigenvalue weighted by molar-refractivity contribution is 0.155. The monoisotopic (exact) mass is 464 g/mol. The number of carbonyl (C=O) groups excluding carboxylic acids is 1. The average molecular weight is 465 g/mol. The van der Waals surface area contributed by atoms with Crippen molar-refractivity contribution < 1.29 is 17.9 Å². The van der Waals surface area contributed by atoms with Crippen LogP contribution in [0.25, 0.3) is 0 Å². The van der Waals surface area contributed by atoms with Crippen LogP contribution in [-0.4, -0.2) is 21.1 Å². The second-order valence-electron chi connectivity index (χ2n) is 9.10. The number of rotatable bonds is 5. The Labute approximate surface area is 195 Å². The van der Waals surface area contributed by atoms with Gasteiger partial charge < -0.3 is 4.74 Å². The number of carbonyl (C=O) groups is 1. The van der Waals surface area contributed by atoms with Crippen molar-refractivity contribution in [3.8, 4) is 0 Å². The number of nitrogens with one attached hydrogen (secondary N) is 1. The molecule has 172 valence electrons. The molecule has 4 rings (SSSR count). The van der Waals surface area contributed by atoms with Gasteiger partial charge in [-0.2, -0.15) is 0 Å². The lowest BCUT2D eigenvalue weighted by Crippen LogP contribution is -2.30. The molecule has 7 heteroatoms. The van der Waals surface area contributed by atoms with E-state index in [4.69, 9.17) is 4.74 Å². The van der Waals surface area contributed by atoms with E-state index in [2.05, 4.69) is 26.1 Å². The van der Waals surface area contributed by atoms with E-state index in [1.165, 1.54) is 4.31 Å². The smallest absolute Gasteiger partial charge is 0.412 e. The molecule has 0 unspecified atom stereocenters. The normalized spacial score (nSPS) is 13.5. The van der Waals surface area contributed by atoms with Gasteiger partial charge in [0.05, 0.1) is 16.3 Å². The fourth-order valence-corrected chi connectivity index (χ4v) is 5.41. The molecule has 0 radical (unpaired) electrons. The lowest BCUT2D eigenvalue weighted by Gasteiger charge is -2.23. The molecule has 0 saturated carbocycles. The van der Waals surface area contributed by atoms with Crippen molar-refractivity contribution in [2.45, 2.75) is 44.1 Å². The SMILES string of the molecule is CC(C)(C)c1ccc(S(=O)(=O)N2CCc3cccc(NC(=O)OCc4ccccc4)c32)cc1. The summed E-state index contributed by atoms with van der Waals surface area (Å²) in [7, 11) is -3.79. The molecule has 3 aromatic carbocycles. The highest BCUT2D eigenvalue weighted by Gasteiger charge is 2.33. The molecule has 1 amide bonds. The molecular formula is C26H28N2O4S. The van der Waals surface area contributed by atoms with Crippen LogP contribution in [0.15, 0.2) is 77.7 Å². The quantitative estimate of drug-likeness (QED) is 0.542. The number of nitrogens with zero attached hydrogens (tertiary/aromatic N) is 1. The molecule has 1 heterocycles. The van der Waals surface area contributed by atoms with E-state index in [-0.39, 0.29) is 16.9 Å². The van der Waals surface area contributed by atoms with Crippen LogP contribution in [0.1, 0.15) is 37.5 Å². The van der Waals surface area contributed by atoms with E-state index < -0.39 is 16.1 Å². The number of amides is 1. The number of ether oxygens (including phenoxy) is 1. The minimum atomic E-state index is -3.79. The zero-order chi connectivity index (χ0) is 23.6. The summed E-state index contributed by atoms with van der Waals surface area (Å²) in [6.45, 7) is 6.70. The third-order valence-electron chi connectivity index (χ3n) is 5.71. The van der Waals surface area contributed by atoms with E-state index in [0.717, 1.165) is 16.7 Å². The van der Waals surface area contributed by atoms with Gasteiger partial charge in [0.1, 0.15) is 6.61 Å². The maximum absolute atomic E-state index is 13.5. The maximum Gasteiger partial charge on any atom is 0.412 e. The summed E-state index contributed by atoms with van der Waals surface area (Å²) in [6, 6.07) is 21.8. The van der Waals surface area contributed by atoms with Gasteiger partial charge in [-0.05, 0) is 46.7 Å². The molecule has 6 nitrogen and oxygen atoms in total. The van der Waals surface area contributed by atoms with Gasteiger partial charge in [-0.25, -0.2) is 13.2 Å². The topological polar surface area (TPSA) is 75.7 Å². The van der Waals surface area contributed by atoms with Crippen molar-refractivity contribution in [3.05, 3.63) is 89.5 Å². The molecule has 0 atom stereocenters. The van der Waals surface area contributed by atoms with Gasteiger partial charge in [-0.15, -0.1) is 0 Å². The van der Waals surface area contributed by atoms with Crippen LogP contribution in [0.4, 0.5) is 16.2 Å². The number of benzene rings is 3. The van der Waals surface area contributed by atoms with Crippen molar-refractivity contribution in [3.63, 3.8) is 0 Å². The van der Waals surface area contributed by atoms with Gasteiger partial charge in [0.25, 0.3) is 10.0 Å². The van der Waals surface area contributed by atoms with Crippen LogP contribution in [0.5, 0.6) is 0 Å². The van der Waals surface area contributed by atoms with Gasteiger partial charge in [-0.1, -0.05) is 75.4 Å².